The van der Waals surface area contributed by atoms with Gasteiger partial charge in [0.2, 0.25) is 0 Å². The molecule has 100 valence electrons. The van der Waals surface area contributed by atoms with Crippen LogP contribution in [0.3, 0.4) is 0 Å². The van der Waals surface area contributed by atoms with Gasteiger partial charge in [-0.05, 0) is 49.5 Å². The van der Waals surface area contributed by atoms with Gasteiger partial charge in [-0.3, -0.25) is 9.59 Å². The van der Waals surface area contributed by atoms with Crippen molar-refractivity contribution < 1.29 is 14.7 Å². The summed E-state index contributed by atoms with van der Waals surface area (Å²) in [5.74, 6) is -0.110. The Hall–Kier alpha value is -1.12. The molecule has 4 atom stereocenters. The zero-order chi connectivity index (χ0) is 13.5. The Morgan fingerprint density at radius 3 is 2.83 bits per heavy atom. The Bertz CT molecular complexity index is 410. The van der Waals surface area contributed by atoms with Crippen molar-refractivity contribution in [1.29, 1.82) is 0 Å². The Kier molecular flexibility index (Phi) is 3.35. The van der Waals surface area contributed by atoms with Crippen LogP contribution in [0.25, 0.3) is 0 Å². The molecule has 18 heavy (non-hydrogen) atoms. The van der Waals surface area contributed by atoms with E-state index in [2.05, 4.69) is 6.92 Å². The lowest BCUT2D eigenvalue weighted by molar-refractivity contribution is -0.144. The summed E-state index contributed by atoms with van der Waals surface area (Å²) in [6.07, 6.45) is 5.21. The van der Waals surface area contributed by atoms with Gasteiger partial charge < -0.3 is 5.11 Å². The third-order valence-electron chi connectivity index (χ3n) is 5.08. The van der Waals surface area contributed by atoms with Gasteiger partial charge in [0, 0.05) is 6.42 Å². The van der Waals surface area contributed by atoms with E-state index >= 15 is 0 Å². The lowest BCUT2D eigenvalue weighted by Crippen LogP contribution is -2.41. The standard InChI is InChI=1S/C15H22O3/c1-9-6-12(16)8-15(3)5-4-11(7-13(9)15)10(2)14(17)18/h6,10-11,13H,4-5,7-8H2,1-3H3,(H,17,18)/t10-,11+,13+,15-/m0/s1. The first-order valence-corrected chi connectivity index (χ1v) is 6.77. The number of hydrogen-bond acceptors (Lipinski definition) is 2. The van der Waals surface area contributed by atoms with Crippen LogP contribution >= 0.6 is 0 Å². The van der Waals surface area contributed by atoms with Crippen molar-refractivity contribution in [2.75, 3.05) is 0 Å². The number of allylic oxidation sites excluding steroid dienone is 2. The molecule has 0 aliphatic heterocycles. The van der Waals surface area contributed by atoms with Crippen molar-refractivity contribution >= 4 is 11.8 Å². The summed E-state index contributed by atoms with van der Waals surface area (Å²) >= 11 is 0. The molecular weight excluding hydrogens is 228 g/mol. The molecule has 1 fully saturated rings. The zero-order valence-electron chi connectivity index (χ0n) is 11.4. The third kappa shape index (κ3) is 2.23. The summed E-state index contributed by atoms with van der Waals surface area (Å²) in [5.41, 5.74) is 1.21. The summed E-state index contributed by atoms with van der Waals surface area (Å²) in [4.78, 5) is 22.8. The summed E-state index contributed by atoms with van der Waals surface area (Å²) in [6, 6.07) is 0. The maximum Gasteiger partial charge on any atom is 0.306 e. The first-order valence-electron chi connectivity index (χ1n) is 6.77. The fourth-order valence-corrected chi connectivity index (χ4v) is 3.80. The van der Waals surface area contributed by atoms with Gasteiger partial charge in [0.25, 0.3) is 0 Å². The highest BCUT2D eigenvalue weighted by Gasteiger charge is 2.45. The molecule has 0 aromatic heterocycles. The molecule has 0 heterocycles. The van der Waals surface area contributed by atoms with Crippen molar-refractivity contribution in [1.82, 2.24) is 0 Å². The Labute approximate surface area is 108 Å². The van der Waals surface area contributed by atoms with E-state index in [1.165, 1.54) is 0 Å². The second kappa shape index (κ2) is 4.52. The molecule has 1 N–H and O–H groups in total. The summed E-state index contributed by atoms with van der Waals surface area (Å²) in [6.45, 7) is 6.02. The fraction of sp³-hybridized carbons (Fsp3) is 0.733. The summed E-state index contributed by atoms with van der Waals surface area (Å²) in [5, 5.41) is 9.13. The third-order valence-corrected chi connectivity index (χ3v) is 5.08. The molecule has 0 bridgehead atoms. The van der Waals surface area contributed by atoms with Crippen LogP contribution in [0.2, 0.25) is 0 Å². The molecule has 0 unspecified atom stereocenters. The number of hydrogen-bond donors (Lipinski definition) is 1. The van der Waals surface area contributed by atoms with E-state index < -0.39 is 5.97 Å². The fourth-order valence-electron chi connectivity index (χ4n) is 3.80. The molecule has 0 aromatic carbocycles. The van der Waals surface area contributed by atoms with Crippen LogP contribution in [0.15, 0.2) is 11.6 Å². The highest BCUT2D eigenvalue weighted by Crippen LogP contribution is 2.52. The molecule has 3 heteroatoms. The topological polar surface area (TPSA) is 54.4 Å². The quantitative estimate of drug-likeness (QED) is 0.819. The second-order valence-electron chi connectivity index (χ2n) is 6.40. The second-order valence-corrected chi connectivity index (χ2v) is 6.40. The van der Waals surface area contributed by atoms with E-state index in [0.29, 0.717) is 12.3 Å². The van der Waals surface area contributed by atoms with Gasteiger partial charge in [0.05, 0.1) is 5.92 Å². The van der Waals surface area contributed by atoms with Crippen LogP contribution in [0.5, 0.6) is 0 Å². The average molecular weight is 250 g/mol. The van der Waals surface area contributed by atoms with Crippen LogP contribution in [-0.4, -0.2) is 16.9 Å². The van der Waals surface area contributed by atoms with Gasteiger partial charge in [-0.15, -0.1) is 0 Å². The first kappa shape index (κ1) is 13.3. The van der Waals surface area contributed by atoms with Crippen LogP contribution in [-0.2, 0) is 9.59 Å². The molecule has 0 spiro atoms. The minimum atomic E-state index is -0.697. The van der Waals surface area contributed by atoms with E-state index in [-0.39, 0.29) is 23.0 Å². The monoisotopic (exact) mass is 250 g/mol. The van der Waals surface area contributed by atoms with Crippen molar-refractivity contribution in [3.63, 3.8) is 0 Å². The van der Waals surface area contributed by atoms with Crippen molar-refractivity contribution in [2.24, 2.45) is 23.2 Å². The lowest BCUT2D eigenvalue weighted by Gasteiger charge is -2.47. The predicted molar refractivity (Wildman–Crippen MR) is 69.1 cm³/mol. The minimum absolute atomic E-state index is 0.0602. The maximum atomic E-state index is 11.7. The number of ketones is 1. The summed E-state index contributed by atoms with van der Waals surface area (Å²) in [7, 11) is 0. The molecule has 2 rings (SSSR count). The van der Waals surface area contributed by atoms with E-state index in [1.807, 2.05) is 13.8 Å². The van der Waals surface area contributed by atoms with Crippen LogP contribution < -0.4 is 0 Å². The number of fused-ring (bicyclic) bond motifs is 1. The van der Waals surface area contributed by atoms with Crippen molar-refractivity contribution in [3.8, 4) is 0 Å². The Morgan fingerprint density at radius 2 is 2.22 bits per heavy atom. The van der Waals surface area contributed by atoms with Crippen molar-refractivity contribution in [2.45, 2.75) is 46.5 Å². The Morgan fingerprint density at radius 1 is 1.56 bits per heavy atom. The normalized spacial score (nSPS) is 37.7. The molecule has 0 aromatic rings. The molecule has 2 aliphatic carbocycles. The van der Waals surface area contributed by atoms with E-state index in [0.717, 1.165) is 24.8 Å². The lowest BCUT2D eigenvalue weighted by atomic mass is 9.56. The summed E-state index contributed by atoms with van der Waals surface area (Å²) < 4.78 is 0. The van der Waals surface area contributed by atoms with Crippen LogP contribution in [0, 0.1) is 23.2 Å². The molecule has 2 aliphatic rings. The predicted octanol–water partition coefficient (Wildman–Crippen LogP) is 3.05. The first-order chi connectivity index (χ1) is 8.33. The average Bonchev–Trinajstić information content (AvgIpc) is 2.26. The van der Waals surface area contributed by atoms with E-state index in [9.17, 15) is 9.59 Å². The van der Waals surface area contributed by atoms with Gasteiger partial charge in [-0.2, -0.15) is 0 Å². The van der Waals surface area contributed by atoms with Crippen LogP contribution in [0.4, 0.5) is 0 Å². The van der Waals surface area contributed by atoms with E-state index in [4.69, 9.17) is 5.11 Å². The van der Waals surface area contributed by atoms with Gasteiger partial charge in [0.15, 0.2) is 5.78 Å². The number of carboxylic acid groups (broad SMARTS) is 1. The number of carboxylic acids is 1. The largest absolute Gasteiger partial charge is 0.481 e. The minimum Gasteiger partial charge on any atom is -0.481 e. The molecule has 0 amide bonds. The SMILES string of the molecule is CC1=CC(=O)C[C@]2(C)CC[C@@H]([C@H](C)C(=O)O)C[C@H]12. The highest BCUT2D eigenvalue weighted by atomic mass is 16.4. The number of aliphatic carboxylic acids is 1. The van der Waals surface area contributed by atoms with Crippen molar-refractivity contribution in [3.05, 3.63) is 11.6 Å². The molecular formula is C15H22O3. The molecule has 3 nitrogen and oxygen atoms in total. The van der Waals surface area contributed by atoms with Gasteiger partial charge in [-0.25, -0.2) is 0 Å². The van der Waals surface area contributed by atoms with Gasteiger partial charge in [0.1, 0.15) is 0 Å². The molecule has 1 saturated carbocycles. The maximum absolute atomic E-state index is 11.7. The molecule has 0 radical (unpaired) electrons. The van der Waals surface area contributed by atoms with Gasteiger partial charge >= 0.3 is 5.97 Å². The van der Waals surface area contributed by atoms with Gasteiger partial charge in [-0.1, -0.05) is 19.4 Å². The number of rotatable bonds is 2. The van der Waals surface area contributed by atoms with Crippen LogP contribution in [0.1, 0.15) is 46.5 Å². The van der Waals surface area contributed by atoms with E-state index in [1.54, 1.807) is 6.08 Å². The Balaban J connectivity index is 2.20. The number of carbonyl (C=O) groups is 2. The highest BCUT2D eigenvalue weighted by molar-refractivity contribution is 5.92. The smallest absolute Gasteiger partial charge is 0.306 e. The number of carbonyl (C=O) groups excluding carboxylic acids is 1. The molecule has 0 saturated heterocycles. The zero-order valence-corrected chi connectivity index (χ0v) is 11.4.